The monoisotopic (exact) mass is 206 g/mol. The molecule has 0 saturated carbocycles. The van der Waals surface area contributed by atoms with E-state index < -0.39 is 0 Å². The molecule has 0 saturated heterocycles. The van der Waals surface area contributed by atoms with Crippen molar-refractivity contribution in [3.05, 3.63) is 28.8 Å². The van der Waals surface area contributed by atoms with E-state index in [1.807, 2.05) is 6.92 Å². The molecular formula is C14H22O. The first-order chi connectivity index (χ1) is 6.86. The van der Waals surface area contributed by atoms with Gasteiger partial charge in [0, 0.05) is 0 Å². The van der Waals surface area contributed by atoms with E-state index in [1.165, 1.54) is 5.56 Å². The van der Waals surface area contributed by atoms with Gasteiger partial charge in [-0.15, -0.1) is 0 Å². The maximum atomic E-state index is 10.0. The molecule has 0 amide bonds. The van der Waals surface area contributed by atoms with E-state index in [1.54, 1.807) is 0 Å². The highest BCUT2D eigenvalue weighted by Gasteiger charge is 2.19. The molecule has 0 atom stereocenters. The average molecular weight is 206 g/mol. The van der Waals surface area contributed by atoms with E-state index in [0.29, 0.717) is 5.75 Å². The predicted octanol–water partition coefficient (Wildman–Crippen LogP) is 3.95. The lowest BCUT2D eigenvalue weighted by molar-refractivity contribution is 0.442. The van der Waals surface area contributed by atoms with Gasteiger partial charge < -0.3 is 5.11 Å². The summed E-state index contributed by atoms with van der Waals surface area (Å²) in [5, 5.41) is 10.0. The number of benzene rings is 1. The van der Waals surface area contributed by atoms with E-state index in [0.717, 1.165) is 24.0 Å². The van der Waals surface area contributed by atoms with Crippen molar-refractivity contribution in [1.82, 2.24) is 0 Å². The molecule has 1 N–H and O–H groups in total. The predicted molar refractivity (Wildman–Crippen MR) is 65.5 cm³/mol. The minimum Gasteiger partial charge on any atom is -0.507 e. The molecular weight excluding hydrogens is 184 g/mol. The van der Waals surface area contributed by atoms with E-state index in [-0.39, 0.29) is 5.41 Å². The summed E-state index contributed by atoms with van der Waals surface area (Å²) in [6.45, 7) is 10.6. The average Bonchev–Trinajstić information content (AvgIpc) is 2.09. The minimum absolute atomic E-state index is 0.0125. The molecule has 0 spiro atoms. The van der Waals surface area contributed by atoms with Crippen LogP contribution in [0.25, 0.3) is 0 Å². The number of hydrogen-bond donors (Lipinski definition) is 1. The van der Waals surface area contributed by atoms with Gasteiger partial charge in [-0.1, -0.05) is 46.2 Å². The largest absolute Gasteiger partial charge is 0.507 e. The molecule has 1 aromatic carbocycles. The van der Waals surface area contributed by atoms with Gasteiger partial charge in [0.2, 0.25) is 0 Å². The third-order valence-electron chi connectivity index (χ3n) is 2.71. The number of aryl methyl sites for hydroxylation is 2. The van der Waals surface area contributed by atoms with Crippen molar-refractivity contribution in [2.45, 2.75) is 52.9 Å². The van der Waals surface area contributed by atoms with Gasteiger partial charge in [0.1, 0.15) is 5.75 Å². The lowest BCUT2D eigenvalue weighted by atomic mass is 9.84. The Morgan fingerprint density at radius 3 is 2.27 bits per heavy atom. The van der Waals surface area contributed by atoms with Crippen molar-refractivity contribution < 1.29 is 5.11 Å². The summed E-state index contributed by atoms with van der Waals surface area (Å²) in [7, 11) is 0. The summed E-state index contributed by atoms with van der Waals surface area (Å²) < 4.78 is 0. The highest BCUT2D eigenvalue weighted by molar-refractivity contribution is 5.46. The maximum absolute atomic E-state index is 10.0. The Bertz CT molecular complexity index is 345. The molecule has 0 heterocycles. The van der Waals surface area contributed by atoms with Crippen molar-refractivity contribution >= 4 is 0 Å². The molecule has 1 heteroatoms. The third-order valence-corrected chi connectivity index (χ3v) is 2.71. The second-order valence-corrected chi connectivity index (χ2v) is 5.31. The quantitative estimate of drug-likeness (QED) is 0.776. The van der Waals surface area contributed by atoms with Gasteiger partial charge >= 0.3 is 0 Å². The molecule has 84 valence electrons. The van der Waals surface area contributed by atoms with Gasteiger partial charge in [0.25, 0.3) is 0 Å². The van der Waals surface area contributed by atoms with Gasteiger partial charge in [0.15, 0.2) is 0 Å². The zero-order valence-electron chi connectivity index (χ0n) is 10.5. The summed E-state index contributed by atoms with van der Waals surface area (Å²) >= 11 is 0. The van der Waals surface area contributed by atoms with Crippen LogP contribution in [0.5, 0.6) is 5.75 Å². The Kier molecular flexibility index (Phi) is 3.43. The first-order valence-electron chi connectivity index (χ1n) is 5.69. The summed E-state index contributed by atoms with van der Waals surface area (Å²) in [4.78, 5) is 0. The van der Waals surface area contributed by atoms with Crippen molar-refractivity contribution in [2.24, 2.45) is 0 Å². The highest BCUT2D eigenvalue weighted by Crippen LogP contribution is 2.34. The standard InChI is InChI=1S/C14H22O/c1-6-7-11-8-10(2)13(15)12(9-11)14(3,4)5/h8-9,15H,6-7H2,1-5H3. The van der Waals surface area contributed by atoms with Gasteiger partial charge in [-0.2, -0.15) is 0 Å². The molecule has 0 fully saturated rings. The van der Waals surface area contributed by atoms with Crippen LogP contribution in [-0.4, -0.2) is 5.11 Å². The maximum Gasteiger partial charge on any atom is 0.122 e. The van der Waals surface area contributed by atoms with Crippen LogP contribution in [0.2, 0.25) is 0 Å². The Labute approximate surface area is 93.1 Å². The normalized spacial score (nSPS) is 11.8. The summed E-state index contributed by atoms with van der Waals surface area (Å²) in [6.07, 6.45) is 2.23. The van der Waals surface area contributed by atoms with E-state index in [4.69, 9.17) is 0 Å². The lowest BCUT2D eigenvalue weighted by Crippen LogP contribution is -2.12. The molecule has 1 nitrogen and oxygen atoms in total. The zero-order valence-corrected chi connectivity index (χ0v) is 10.5. The second-order valence-electron chi connectivity index (χ2n) is 5.31. The van der Waals surface area contributed by atoms with Crippen LogP contribution in [0.4, 0.5) is 0 Å². The van der Waals surface area contributed by atoms with Gasteiger partial charge in [-0.3, -0.25) is 0 Å². The van der Waals surface area contributed by atoms with Gasteiger partial charge in [0.05, 0.1) is 0 Å². The van der Waals surface area contributed by atoms with Crippen molar-refractivity contribution in [3.8, 4) is 5.75 Å². The van der Waals surface area contributed by atoms with Crippen LogP contribution < -0.4 is 0 Å². The number of phenolic OH excluding ortho intramolecular Hbond substituents is 1. The Morgan fingerprint density at radius 2 is 1.80 bits per heavy atom. The van der Waals surface area contributed by atoms with Crippen molar-refractivity contribution in [3.63, 3.8) is 0 Å². The topological polar surface area (TPSA) is 20.2 Å². The molecule has 0 aliphatic carbocycles. The van der Waals surface area contributed by atoms with Crippen LogP contribution >= 0.6 is 0 Å². The van der Waals surface area contributed by atoms with Crippen LogP contribution in [0.15, 0.2) is 12.1 Å². The SMILES string of the molecule is CCCc1cc(C)c(O)c(C(C)(C)C)c1. The highest BCUT2D eigenvalue weighted by atomic mass is 16.3. The summed E-state index contributed by atoms with van der Waals surface area (Å²) in [5.41, 5.74) is 3.40. The zero-order chi connectivity index (χ0) is 11.6. The second kappa shape index (κ2) is 4.26. The Morgan fingerprint density at radius 1 is 1.20 bits per heavy atom. The number of aromatic hydroxyl groups is 1. The molecule has 0 bridgehead atoms. The Balaban J connectivity index is 3.25. The minimum atomic E-state index is 0.0125. The molecule has 1 aromatic rings. The van der Waals surface area contributed by atoms with Crippen LogP contribution in [0.1, 0.15) is 50.8 Å². The fourth-order valence-corrected chi connectivity index (χ4v) is 1.86. The number of phenols is 1. The fourth-order valence-electron chi connectivity index (χ4n) is 1.86. The first kappa shape index (κ1) is 12.1. The molecule has 0 radical (unpaired) electrons. The van der Waals surface area contributed by atoms with E-state index in [9.17, 15) is 5.11 Å². The molecule has 15 heavy (non-hydrogen) atoms. The van der Waals surface area contributed by atoms with Crippen molar-refractivity contribution in [1.29, 1.82) is 0 Å². The number of hydrogen-bond acceptors (Lipinski definition) is 1. The van der Waals surface area contributed by atoms with Crippen LogP contribution in [0, 0.1) is 6.92 Å². The smallest absolute Gasteiger partial charge is 0.122 e. The third kappa shape index (κ3) is 2.74. The summed E-state index contributed by atoms with van der Waals surface area (Å²) in [6, 6.07) is 4.24. The molecule has 0 aliphatic heterocycles. The molecule has 1 rings (SSSR count). The summed E-state index contributed by atoms with van der Waals surface area (Å²) in [5.74, 6) is 0.461. The van der Waals surface area contributed by atoms with E-state index >= 15 is 0 Å². The van der Waals surface area contributed by atoms with Gasteiger partial charge in [-0.05, 0) is 35.4 Å². The van der Waals surface area contributed by atoms with Crippen LogP contribution in [-0.2, 0) is 11.8 Å². The van der Waals surface area contributed by atoms with Crippen LogP contribution in [0.3, 0.4) is 0 Å². The number of rotatable bonds is 2. The van der Waals surface area contributed by atoms with E-state index in [2.05, 4.69) is 39.8 Å². The fraction of sp³-hybridized carbons (Fsp3) is 0.571. The first-order valence-corrected chi connectivity index (χ1v) is 5.69. The molecule has 0 unspecified atom stereocenters. The molecule has 0 aromatic heterocycles. The molecule has 0 aliphatic rings. The Hall–Kier alpha value is -0.980. The van der Waals surface area contributed by atoms with Gasteiger partial charge in [-0.25, -0.2) is 0 Å². The van der Waals surface area contributed by atoms with Crippen molar-refractivity contribution in [2.75, 3.05) is 0 Å². The lowest BCUT2D eigenvalue weighted by Gasteiger charge is -2.22.